The summed E-state index contributed by atoms with van der Waals surface area (Å²) >= 11 is 0. The van der Waals surface area contributed by atoms with Crippen LogP contribution in [0.4, 0.5) is 0 Å². The van der Waals surface area contributed by atoms with Crippen molar-refractivity contribution < 1.29 is 14.3 Å². The van der Waals surface area contributed by atoms with Crippen molar-refractivity contribution in [3.8, 4) is 6.07 Å². The van der Waals surface area contributed by atoms with Crippen LogP contribution in [0, 0.1) is 29.6 Å². The van der Waals surface area contributed by atoms with Crippen LogP contribution in [0.2, 0.25) is 0 Å². The fraction of sp³-hybridized carbons (Fsp3) is 0.286. The van der Waals surface area contributed by atoms with Crippen molar-refractivity contribution in [2.75, 3.05) is 6.61 Å². The number of benzene rings is 1. The second kappa shape index (κ2) is 6.45. The van der Waals surface area contributed by atoms with Crippen LogP contribution < -0.4 is 0 Å². The molecule has 0 saturated carbocycles. The first-order chi connectivity index (χ1) is 8.95. The third-order valence-corrected chi connectivity index (χ3v) is 2.52. The Balaban J connectivity index is 2.60. The predicted molar refractivity (Wildman–Crippen MR) is 69.0 cm³/mol. The average Bonchev–Trinajstić information content (AvgIpc) is 2.37. The first kappa shape index (κ1) is 14.6. The number of nitriles is 1. The molecule has 1 aromatic rings. The minimum Gasteiger partial charge on any atom is -0.454 e. The molecule has 0 saturated heterocycles. The highest BCUT2D eigenvalue weighted by Gasteiger charge is 2.21. The van der Waals surface area contributed by atoms with E-state index in [0.717, 1.165) is 5.56 Å². The smallest absolute Gasteiger partial charge is 0.338 e. The van der Waals surface area contributed by atoms with Gasteiger partial charge < -0.3 is 10.1 Å². The number of ketones is 1. The summed E-state index contributed by atoms with van der Waals surface area (Å²) in [5, 5.41) is 16.0. The lowest BCUT2D eigenvalue weighted by molar-refractivity contribution is -0.122. The Labute approximate surface area is 111 Å². The maximum Gasteiger partial charge on any atom is 0.338 e. The van der Waals surface area contributed by atoms with Gasteiger partial charge in [0.15, 0.2) is 12.4 Å². The van der Waals surface area contributed by atoms with Crippen molar-refractivity contribution in [1.82, 2.24) is 0 Å². The topological polar surface area (TPSA) is 91.0 Å². The number of hydrogen-bond acceptors (Lipinski definition) is 5. The van der Waals surface area contributed by atoms with E-state index >= 15 is 0 Å². The van der Waals surface area contributed by atoms with Gasteiger partial charge in [-0.15, -0.1) is 0 Å². The van der Waals surface area contributed by atoms with Gasteiger partial charge in [-0.05, 0) is 26.0 Å². The molecule has 0 spiro atoms. The Hall–Kier alpha value is -2.48. The van der Waals surface area contributed by atoms with Crippen LogP contribution in [0.25, 0.3) is 0 Å². The van der Waals surface area contributed by atoms with Gasteiger partial charge in [-0.25, -0.2) is 4.79 Å². The zero-order valence-electron chi connectivity index (χ0n) is 10.8. The van der Waals surface area contributed by atoms with Crippen LogP contribution in [0.3, 0.4) is 0 Å². The van der Waals surface area contributed by atoms with Crippen molar-refractivity contribution in [1.29, 1.82) is 10.7 Å². The largest absolute Gasteiger partial charge is 0.454 e. The molecule has 19 heavy (non-hydrogen) atoms. The summed E-state index contributed by atoms with van der Waals surface area (Å²) in [4.78, 5) is 23.2. The van der Waals surface area contributed by atoms with E-state index in [2.05, 4.69) is 0 Å². The molecule has 0 aromatic heterocycles. The lowest BCUT2D eigenvalue weighted by Gasteiger charge is -2.07. The number of nitrogens with one attached hydrogen (secondary N) is 1. The number of rotatable bonds is 5. The summed E-state index contributed by atoms with van der Waals surface area (Å²) in [6.45, 7) is 2.76. The first-order valence-corrected chi connectivity index (χ1v) is 5.67. The van der Waals surface area contributed by atoms with Crippen LogP contribution in [0.1, 0.15) is 22.8 Å². The molecule has 0 radical (unpaired) electrons. The quantitative estimate of drug-likeness (QED) is 0.645. The van der Waals surface area contributed by atoms with E-state index in [1.54, 1.807) is 30.3 Å². The maximum absolute atomic E-state index is 11.6. The zero-order valence-corrected chi connectivity index (χ0v) is 10.8. The van der Waals surface area contributed by atoms with Crippen LogP contribution in [0.15, 0.2) is 24.3 Å². The highest BCUT2D eigenvalue weighted by atomic mass is 16.5. The molecule has 1 N–H and O–H groups in total. The number of ether oxygens (including phenoxy) is 1. The van der Waals surface area contributed by atoms with Gasteiger partial charge in [-0.3, -0.25) is 4.79 Å². The van der Waals surface area contributed by atoms with E-state index in [1.165, 1.54) is 6.92 Å². The normalized spacial score (nSPS) is 11.2. The maximum atomic E-state index is 11.6. The van der Waals surface area contributed by atoms with Crippen molar-refractivity contribution in [2.45, 2.75) is 13.8 Å². The fourth-order valence-electron chi connectivity index (χ4n) is 1.40. The summed E-state index contributed by atoms with van der Waals surface area (Å²) in [5.74, 6) is -2.35. The van der Waals surface area contributed by atoms with E-state index in [1.807, 2.05) is 6.92 Å². The molecule has 0 aliphatic rings. The van der Waals surface area contributed by atoms with Crippen molar-refractivity contribution >= 4 is 17.5 Å². The van der Waals surface area contributed by atoms with E-state index in [4.69, 9.17) is 15.4 Å². The molecule has 1 aromatic carbocycles. The molecule has 0 unspecified atom stereocenters. The van der Waals surface area contributed by atoms with Crippen LogP contribution >= 0.6 is 0 Å². The highest BCUT2D eigenvalue weighted by molar-refractivity contribution is 6.06. The second-order valence-electron chi connectivity index (χ2n) is 4.15. The Kier molecular flexibility index (Phi) is 4.95. The highest BCUT2D eigenvalue weighted by Crippen LogP contribution is 2.06. The molecule has 1 atom stereocenters. The van der Waals surface area contributed by atoms with Crippen molar-refractivity contribution in [3.63, 3.8) is 0 Å². The number of nitrogens with zero attached hydrogens (tertiary/aromatic N) is 1. The minimum atomic E-state index is -1.15. The van der Waals surface area contributed by atoms with Crippen LogP contribution in [-0.4, -0.2) is 24.1 Å². The number of Topliss-reactive ketones (excluding diaryl/α,β-unsaturated/α-hetero) is 1. The van der Waals surface area contributed by atoms with Gasteiger partial charge >= 0.3 is 5.97 Å². The van der Waals surface area contributed by atoms with Crippen molar-refractivity contribution in [3.05, 3.63) is 35.4 Å². The summed E-state index contributed by atoms with van der Waals surface area (Å²) in [7, 11) is 0. The Morgan fingerprint density at radius 1 is 1.37 bits per heavy atom. The summed E-state index contributed by atoms with van der Waals surface area (Å²) in [6, 6.07) is 8.44. The number of carbonyl (C=O) groups excluding carboxylic acids is 2. The lowest BCUT2D eigenvalue weighted by atomic mass is 10.0. The van der Waals surface area contributed by atoms with Gasteiger partial charge in [0, 0.05) is 5.71 Å². The summed E-state index contributed by atoms with van der Waals surface area (Å²) in [6.07, 6.45) is 0. The van der Waals surface area contributed by atoms with E-state index in [-0.39, 0.29) is 5.71 Å². The Morgan fingerprint density at radius 2 is 1.95 bits per heavy atom. The zero-order chi connectivity index (χ0) is 14.4. The van der Waals surface area contributed by atoms with E-state index in [9.17, 15) is 9.59 Å². The molecule has 1 rings (SSSR count). The molecule has 98 valence electrons. The number of aryl methyl sites for hydroxylation is 1. The fourth-order valence-corrected chi connectivity index (χ4v) is 1.40. The van der Waals surface area contributed by atoms with Crippen LogP contribution in [-0.2, 0) is 9.53 Å². The van der Waals surface area contributed by atoms with Gasteiger partial charge in [0.05, 0.1) is 11.6 Å². The SMILES string of the molecule is CC(=N)[C@H](C#N)C(=O)COC(=O)c1ccc(C)cc1. The Morgan fingerprint density at radius 3 is 2.42 bits per heavy atom. The molecule has 0 fully saturated rings. The first-order valence-electron chi connectivity index (χ1n) is 5.67. The number of hydrogen-bond donors (Lipinski definition) is 1. The third-order valence-electron chi connectivity index (χ3n) is 2.52. The molecule has 5 heteroatoms. The monoisotopic (exact) mass is 258 g/mol. The molecular formula is C14H14N2O3. The third kappa shape index (κ3) is 4.03. The molecular weight excluding hydrogens is 244 g/mol. The van der Waals surface area contributed by atoms with Gasteiger partial charge in [0.25, 0.3) is 0 Å². The molecule has 0 aliphatic heterocycles. The van der Waals surface area contributed by atoms with E-state index in [0.29, 0.717) is 5.56 Å². The standard InChI is InChI=1S/C14H14N2O3/c1-9-3-5-11(6-4-9)14(18)19-8-13(17)12(7-15)10(2)16/h3-6,12,16H,8H2,1-2H3/t12-/m0/s1. The average molecular weight is 258 g/mol. The van der Waals surface area contributed by atoms with Gasteiger partial charge in [-0.2, -0.15) is 5.26 Å². The van der Waals surface area contributed by atoms with Crippen molar-refractivity contribution in [2.24, 2.45) is 5.92 Å². The predicted octanol–water partition coefficient (Wildman–Crippen LogP) is 1.90. The second-order valence-corrected chi connectivity index (χ2v) is 4.15. The Bertz CT molecular complexity index is 541. The summed E-state index contributed by atoms with van der Waals surface area (Å²) < 4.78 is 4.83. The molecule has 0 heterocycles. The van der Waals surface area contributed by atoms with E-state index < -0.39 is 24.3 Å². The number of carbonyl (C=O) groups is 2. The van der Waals surface area contributed by atoms with Gasteiger partial charge in [0.2, 0.25) is 0 Å². The van der Waals surface area contributed by atoms with Gasteiger partial charge in [0.1, 0.15) is 5.92 Å². The molecule has 0 bridgehead atoms. The lowest BCUT2D eigenvalue weighted by Crippen LogP contribution is -2.25. The molecule has 5 nitrogen and oxygen atoms in total. The minimum absolute atomic E-state index is 0.0566. The van der Waals surface area contributed by atoms with Crippen LogP contribution in [0.5, 0.6) is 0 Å². The molecule has 0 amide bonds. The molecule has 0 aliphatic carbocycles. The summed E-state index contributed by atoms with van der Waals surface area (Å²) in [5.41, 5.74) is 1.30. The van der Waals surface area contributed by atoms with Gasteiger partial charge in [-0.1, -0.05) is 17.7 Å². The number of esters is 1.